The summed E-state index contributed by atoms with van der Waals surface area (Å²) in [5.41, 5.74) is 0.722. The number of carbonyl (C=O) groups is 1. The zero-order chi connectivity index (χ0) is 9.84. The molecule has 1 atom stereocenters. The van der Waals surface area contributed by atoms with Gasteiger partial charge >= 0.3 is 0 Å². The number of aliphatic hydroxyl groups excluding tert-OH is 1. The molecule has 1 rings (SSSR count). The number of amides is 1. The van der Waals surface area contributed by atoms with E-state index in [4.69, 9.17) is 0 Å². The summed E-state index contributed by atoms with van der Waals surface area (Å²) in [5, 5.41) is 9.66. The van der Waals surface area contributed by atoms with Crippen molar-refractivity contribution in [3.8, 4) is 0 Å². The third-order valence-electron chi connectivity index (χ3n) is 1.96. The monoisotopic (exact) mass is 179 g/mol. The fourth-order valence-electron chi connectivity index (χ4n) is 1.02. The fraction of sp³-hybridized carbons (Fsp3) is 0.300. The summed E-state index contributed by atoms with van der Waals surface area (Å²) >= 11 is 0. The Kier molecular flexibility index (Phi) is 3.03. The first-order valence-corrected chi connectivity index (χ1v) is 4.09. The summed E-state index contributed by atoms with van der Waals surface area (Å²) in [7, 11) is 1.57. The van der Waals surface area contributed by atoms with E-state index in [9.17, 15) is 9.90 Å². The van der Waals surface area contributed by atoms with Gasteiger partial charge in [-0.15, -0.1) is 0 Å². The smallest absolute Gasteiger partial charge is 0.221 e. The number of carbonyl (C=O) groups excluding carboxylic acids is 1. The molecule has 0 aliphatic carbocycles. The van der Waals surface area contributed by atoms with Gasteiger partial charge in [-0.05, 0) is 0 Å². The summed E-state index contributed by atoms with van der Waals surface area (Å²) < 4.78 is 0. The Morgan fingerprint density at radius 3 is 2.38 bits per heavy atom. The molecule has 0 heterocycles. The number of hydrogen-bond donors (Lipinski definition) is 1. The average Bonchev–Trinajstić information content (AvgIpc) is 2.17. The van der Waals surface area contributed by atoms with Crippen molar-refractivity contribution in [3.05, 3.63) is 35.9 Å². The Balaban J connectivity index is 2.79. The van der Waals surface area contributed by atoms with Crippen LogP contribution in [0.3, 0.4) is 0 Å². The van der Waals surface area contributed by atoms with Gasteiger partial charge in [-0.2, -0.15) is 0 Å². The van der Waals surface area contributed by atoms with Crippen molar-refractivity contribution in [2.75, 3.05) is 7.05 Å². The lowest BCUT2D eigenvalue weighted by atomic mass is 10.2. The van der Waals surface area contributed by atoms with E-state index in [2.05, 4.69) is 0 Å². The lowest BCUT2D eigenvalue weighted by Gasteiger charge is -2.22. The van der Waals surface area contributed by atoms with E-state index >= 15 is 0 Å². The molecular weight excluding hydrogens is 166 g/mol. The highest BCUT2D eigenvalue weighted by Crippen LogP contribution is 2.15. The van der Waals surface area contributed by atoms with Gasteiger partial charge < -0.3 is 10.0 Å². The van der Waals surface area contributed by atoms with Crippen LogP contribution in [0.4, 0.5) is 0 Å². The maximum atomic E-state index is 10.9. The first kappa shape index (κ1) is 9.74. The molecule has 70 valence electrons. The van der Waals surface area contributed by atoms with E-state index in [0.717, 1.165) is 5.56 Å². The molecule has 1 unspecified atom stereocenters. The van der Waals surface area contributed by atoms with Gasteiger partial charge in [0.1, 0.15) is 0 Å². The minimum atomic E-state index is -0.848. The maximum absolute atomic E-state index is 10.9. The van der Waals surface area contributed by atoms with Crippen LogP contribution in [0, 0.1) is 0 Å². The van der Waals surface area contributed by atoms with Gasteiger partial charge in [-0.3, -0.25) is 4.79 Å². The van der Waals surface area contributed by atoms with Crippen molar-refractivity contribution < 1.29 is 9.90 Å². The highest BCUT2D eigenvalue weighted by atomic mass is 16.3. The third kappa shape index (κ3) is 2.29. The Labute approximate surface area is 77.6 Å². The quantitative estimate of drug-likeness (QED) is 0.692. The van der Waals surface area contributed by atoms with Crippen LogP contribution in [0.15, 0.2) is 30.3 Å². The van der Waals surface area contributed by atoms with Gasteiger partial charge in [0.15, 0.2) is 6.23 Å². The molecule has 13 heavy (non-hydrogen) atoms. The molecule has 0 aromatic heterocycles. The average molecular weight is 179 g/mol. The van der Waals surface area contributed by atoms with Gasteiger partial charge in [0, 0.05) is 19.5 Å². The molecule has 0 bridgehead atoms. The van der Waals surface area contributed by atoms with Crippen molar-refractivity contribution in [2.24, 2.45) is 0 Å². The van der Waals surface area contributed by atoms with E-state index in [0.29, 0.717) is 0 Å². The predicted molar refractivity (Wildman–Crippen MR) is 49.8 cm³/mol. The number of hydrogen-bond acceptors (Lipinski definition) is 2. The molecule has 0 saturated carbocycles. The van der Waals surface area contributed by atoms with Crippen molar-refractivity contribution in [1.82, 2.24) is 4.90 Å². The van der Waals surface area contributed by atoms with Crippen molar-refractivity contribution in [1.29, 1.82) is 0 Å². The van der Waals surface area contributed by atoms with Gasteiger partial charge in [-0.1, -0.05) is 30.3 Å². The Hall–Kier alpha value is -1.35. The Morgan fingerprint density at radius 1 is 1.38 bits per heavy atom. The van der Waals surface area contributed by atoms with Crippen LogP contribution < -0.4 is 0 Å². The molecule has 0 fully saturated rings. The number of benzene rings is 1. The predicted octanol–water partition coefficient (Wildman–Crippen LogP) is 1.16. The molecule has 1 N–H and O–H groups in total. The van der Waals surface area contributed by atoms with E-state index < -0.39 is 6.23 Å². The van der Waals surface area contributed by atoms with Gasteiger partial charge in [0.05, 0.1) is 0 Å². The third-order valence-corrected chi connectivity index (χ3v) is 1.96. The summed E-state index contributed by atoms with van der Waals surface area (Å²) in [6.07, 6.45) is -0.848. The molecule has 0 saturated heterocycles. The molecule has 0 aliphatic heterocycles. The summed E-state index contributed by atoms with van der Waals surface area (Å²) in [5.74, 6) is -0.156. The second-order valence-corrected chi connectivity index (χ2v) is 2.91. The Morgan fingerprint density at radius 2 is 1.92 bits per heavy atom. The molecule has 1 amide bonds. The maximum Gasteiger partial charge on any atom is 0.221 e. The second kappa shape index (κ2) is 4.05. The normalized spacial score (nSPS) is 12.2. The van der Waals surface area contributed by atoms with Gasteiger partial charge in [0.2, 0.25) is 5.91 Å². The molecule has 0 aliphatic rings. The number of nitrogens with zero attached hydrogens (tertiary/aromatic N) is 1. The van der Waals surface area contributed by atoms with Crippen LogP contribution in [-0.4, -0.2) is 23.0 Å². The first-order chi connectivity index (χ1) is 6.13. The zero-order valence-electron chi connectivity index (χ0n) is 7.77. The summed E-state index contributed by atoms with van der Waals surface area (Å²) in [6.45, 7) is 1.42. The van der Waals surface area contributed by atoms with Crippen molar-refractivity contribution in [2.45, 2.75) is 13.2 Å². The van der Waals surface area contributed by atoms with E-state index in [1.54, 1.807) is 19.2 Å². The number of aliphatic hydroxyl groups is 1. The molecule has 1 aromatic rings. The topological polar surface area (TPSA) is 40.5 Å². The second-order valence-electron chi connectivity index (χ2n) is 2.91. The molecule has 3 heteroatoms. The van der Waals surface area contributed by atoms with Gasteiger partial charge in [0.25, 0.3) is 0 Å². The minimum absolute atomic E-state index is 0.156. The Bertz CT molecular complexity index is 284. The van der Waals surface area contributed by atoms with E-state index in [1.807, 2.05) is 18.2 Å². The molecule has 0 spiro atoms. The standard InChI is InChI=1S/C10H13NO2/c1-8(12)11(2)10(13)9-6-4-3-5-7-9/h3-7,10,13H,1-2H3. The molecular formula is C10H13NO2. The fourth-order valence-corrected chi connectivity index (χ4v) is 1.02. The van der Waals surface area contributed by atoms with Gasteiger partial charge in [-0.25, -0.2) is 0 Å². The van der Waals surface area contributed by atoms with Crippen LogP contribution in [0.25, 0.3) is 0 Å². The SMILES string of the molecule is CC(=O)N(C)C(O)c1ccccc1. The van der Waals surface area contributed by atoms with Crippen LogP contribution >= 0.6 is 0 Å². The highest BCUT2D eigenvalue weighted by molar-refractivity contribution is 5.73. The first-order valence-electron chi connectivity index (χ1n) is 4.09. The lowest BCUT2D eigenvalue weighted by Crippen LogP contribution is -2.28. The van der Waals surface area contributed by atoms with Crippen molar-refractivity contribution >= 4 is 5.91 Å². The van der Waals surface area contributed by atoms with Crippen LogP contribution in [-0.2, 0) is 4.79 Å². The molecule has 3 nitrogen and oxygen atoms in total. The minimum Gasteiger partial charge on any atom is -0.369 e. The summed E-state index contributed by atoms with van der Waals surface area (Å²) in [4.78, 5) is 12.2. The zero-order valence-corrected chi connectivity index (χ0v) is 7.77. The molecule has 0 radical (unpaired) electrons. The van der Waals surface area contributed by atoms with E-state index in [-0.39, 0.29) is 5.91 Å². The van der Waals surface area contributed by atoms with Crippen LogP contribution in [0.1, 0.15) is 18.7 Å². The largest absolute Gasteiger partial charge is 0.369 e. The van der Waals surface area contributed by atoms with E-state index in [1.165, 1.54) is 11.8 Å². The molecule has 1 aromatic carbocycles. The summed E-state index contributed by atoms with van der Waals surface area (Å²) in [6, 6.07) is 9.08. The van der Waals surface area contributed by atoms with Crippen molar-refractivity contribution in [3.63, 3.8) is 0 Å². The number of rotatable bonds is 2. The van der Waals surface area contributed by atoms with Crippen LogP contribution in [0.5, 0.6) is 0 Å². The van der Waals surface area contributed by atoms with Crippen LogP contribution in [0.2, 0.25) is 0 Å². The highest BCUT2D eigenvalue weighted by Gasteiger charge is 2.14. The lowest BCUT2D eigenvalue weighted by molar-refractivity contribution is -0.136.